The molecule has 3 aromatic heterocycles. The van der Waals surface area contributed by atoms with Crippen molar-refractivity contribution in [3.05, 3.63) is 84.7 Å². The lowest BCUT2D eigenvalue weighted by molar-refractivity contribution is 0.0634. The lowest BCUT2D eigenvalue weighted by Gasteiger charge is -2.18. The van der Waals surface area contributed by atoms with E-state index in [0.717, 1.165) is 16.5 Å². The minimum atomic E-state index is -1.16. The van der Waals surface area contributed by atoms with Crippen LogP contribution in [0.2, 0.25) is 0 Å². The topological polar surface area (TPSA) is 162 Å². The number of hydrogen-bond acceptors (Lipinski definition) is 6. The molecule has 0 atom stereocenters. The minimum absolute atomic E-state index is 0.0956. The van der Waals surface area contributed by atoms with Gasteiger partial charge in [-0.05, 0) is 68.8 Å². The third kappa shape index (κ3) is 6.46. The first-order valence-corrected chi connectivity index (χ1v) is 13.5. The Morgan fingerprint density at radius 1 is 0.818 bits per heavy atom. The van der Waals surface area contributed by atoms with E-state index >= 15 is 0 Å². The Kier molecular flexibility index (Phi) is 7.70. The summed E-state index contributed by atoms with van der Waals surface area (Å²) in [6.07, 6.45) is 3.17. The Hall–Kier alpha value is -5.85. The first kappa shape index (κ1) is 29.6. The van der Waals surface area contributed by atoms with Crippen molar-refractivity contribution in [3.8, 4) is 11.1 Å². The zero-order valence-electron chi connectivity index (χ0n) is 24.7. The second-order valence-corrected chi connectivity index (χ2v) is 11.1. The first-order valence-electron chi connectivity index (χ1n) is 13.5. The summed E-state index contributed by atoms with van der Waals surface area (Å²) in [7, 11) is 3.43. The van der Waals surface area contributed by atoms with Crippen LogP contribution in [0.5, 0.6) is 0 Å². The average molecular weight is 598 g/mol. The summed E-state index contributed by atoms with van der Waals surface area (Å²) in [6, 6.07) is 15.6. The molecule has 0 aliphatic rings. The maximum Gasteiger partial charge on any atom is 0.413 e. The zero-order valence-corrected chi connectivity index (χ0v) is 24.7. The molecule has 0 spiro atoms. The Morgan fingerprint density at radius 2 is 1.52 bits per heavy atom. The molecule has 0 bridgehead atoms. The number of aryl methyl sites for hydroxylation is 2. The van der Waals surface area contributed by atoms with E-state index in [9.17, 15) is 19.2 Å². The van der Waals surface area contributed by atoms with Gasteiger partial charge in [0.15, 0.2) is 5.82 Å². The fourth-order valence-electron chi connectivity index (χ4n) is 4.66. The van der Waals surface area contributed by atoms with Crippen molar-refractivity contribution in [1.82, 2.24) is 18.7 Å². The highest BCUT2D eigenvalue weighted by Crippen LogP contribution is 2.26. The third-order valence-corrected chi connectivity index (χ3v) is 6.57. The standard InChI is InChI=1S/C31H31N7O6/c1-31(2,3)44-30(43)35-25-17-37(5)26(34-25)27(39)32-21-8-6-18(7-9-21)20-15-24(36(4)16-20)28(40)38-13-12-19-14-22(33-29(41)42)10-11-23(19)38/h6-17,33H,1-5H3,(H,32,39)(H,35,43)(H,41,42). The molecule has 3 heterocycles. The third-order valence-electron chi connectivity index (χ3n) is 6.57. The summed E-state index contributed by atoms with van der Waals surface area (Å²) in [5.41, 5.74) is 3.01. The number of ether oxygens (including phenoxy) is 1. The van der Waals surface area contributed by atoms with Gasteiger partial charge >= 0.3 is 12.2 Å². The summed E-state index contributed by atoms with van der Waals surface area (Å²) >= 11 is 0. The number of anilines is 3. The van der Waals surface area contributed by atoms with Crippen molar-refractivity contribution in [3.63, 3.8) is 0 Å². The van der Waals surface area contributed by atoms with Crippen LogP contribution in [0.4, 0.5) is 26.8 Å². The number of nitrogens with zero attached hydrogens (tertiary/aromatic N) is 4. The van der Waals surface area contributed by atoms with E-state index in [2.05, 4.69) is 20.9 Å². The SMILES string of the molecule is Cn1cc(-c2ccc(NC(=O)c3nc(NC(=O)OC(C)(C)C)cn3C)cc2)cc1C(=O)n1ccc2cc(NC(=O)O)ccc21. The normalized spacial score (nSPS) is 11.3. The van der Waals surface area contributed by atoms with Crippen LogP contribution in [0.1, 0.15) is 41.9 Å². The van der Waals surface area contributed by atoms with Crippen LogP contribution >= 0.6 is 0 Å². The monoisotopic (exact) mass is 597 g/mol. The van der Waals surface area contributed by atoms with Gasteiger partial charge in [0.1, 0.15) is 11.3 Å². The summed E-state index contributed by atoms with van der Waals surface area (Å²) in [5.74, 6) is -0.426. The molecule has 4 N–H and O–H groups in total. The molecule has 3 amide bonds. The molecule has 226 valence electrons. The quantitative estimate of drug-likeness (QED) is 0.193. The number of rotatable bonds is 6. The Labute approximate surface area is 252 Å². The zero-order chi connectivity index (χ0) is 31.8. The number of fused-ring (bicyclic) bond motifs is 1. The molecule has 5 rings (SSSR count). The van der Waals surface area contributed by atoms with E-state index in [-0.39, 0.29) is 17.5 Å². The van der Waals surface area contributed by atoms with Crippen molar-refractivity contribution in [1.29, 1.82) is 0 Å². The predicted molar refractivity (Wildman–Crippen MR) is 165 cm³/mol. The van der Waals surface area contributed by atoms with E-state index in [1.54, 1.807) is 88.1 Å². The van der Waals surface area contributed by atoms with Gasteiger partial charge < -0.3 is 24.3 Å². The average Bonchev–Trinajstić information content (AvgIpc) is 3.63. The molecule has 0 radical (unpaired) electrons. The van der Waals surface area contributed by atoms with Crippen LogP contribution < -0.4 is 16.0 Å². The molecule has 2 aromatic carbocycles. The number of carbonyl (C=O) groups is 4. The number of carboxylic acid groups (broad SMARTS) is 1. The second kappa shape index (κ2) is 11.4. The van der Waals surface area contributed by atoms with Gasteiger partial charge in [-0.25, -0.2) is 14.6 Å². The number of imidazole rings is 1. The summed E-state index contributed by atoms with van der Waals surface area (Å²) < 4.78 is 9.98. The number of benzene rings is 2. The molecule has 0 unspecified atom stereocenters. The number of aromatic nitrogens is 4. The van der Waals surface area contributed by atoms with Crippen molar-refractivity contribution in [2.45, 2.75) is 26.4 Å². The first-order chi connectivity index (χ1) is 20.8. The van der Waals surface area contributed by atoms with Crippen LogP contribution in [0.25, 0.3) is 22.0 Å². The van der Waals surface area contributed by atoms with Crippen LogP contribution in [-0.4, -0.2) is 53.4 Å². The van der Waals surface area contributed by atoms with Crippen LogP contribution in [0.15, 0.2) is 73.2 Å². The fraction of sp³-hybridized carbons (Fsp3) is 0.194. The van der Waals surface area contributed by atoms with Gasteiger partial charge in [-0.2, -0.15) is 0 Å². The molecule has 44 heavy (non-hydrogen) atoms. The summed E-state index contributed by atoms with van der Waals surface area (Å²) in [6.45, 7) is 5.24. The molecule has 5 aromatic rings. The van der Waals surface area contributed by atoms with Crippen LogP contribution in [0.3, 0.4) is 0 Å². The molecule has 0 fully saturated rings. The molecule has 0 saturated carbocycles. The highest BCUT2D eigenvalue weighted by molar-refractivity contribution is 6.04. The van der Waals surface area contributed by atoms with E-state index in [1.165, 1.54) is 15.3 Å². The van der Waals surface area contributed by atoms with E-state index in [1.807, 2.05) is 18.3 Å². The summed E-state index contributed by atoms with van der Waals surface area (Å²) in [4.78, 5) is 53.6. The molecule has 0 aliphatic heterocycles. The number of amides is 3. The smallest absolute Gasteiger partial charge is 0.413 e. The van der Waals surface area contributed by atoms with E-state index in [4.69, 9.17) is 9.84 Å². The Balaban J connectivity index is 1.27. The largest absolute Gasteiger partial charge is 0.465 e. The summed E-state index contributed by atoms with van der Waals surface area (Å²) in [5, 5.41) is 17.3. The fourth-order valence-corrected chi connectivity index (χ4v) is 4.66. The predicted octanol–water partition coefficient (Wildman–Crippen LogP) is 5.76. The lowest BCUT2D eigenvalue weighted by atomic mass is 10.1. The van der Waals surface area contributed by atoms with Gasteiger partial charge in [0.2, 0.25) is 5.82 Å². The minimum Gasteiger partial charge on any atom is -0.465 e. The molecule has 0 saturated heterocycles. The number of hydrogen-bond donors (Lipinski definition) is 4. The van der Waals surface area contributed by atoms with Crippen LogP contribution in [0, 0.1) is 0 Å². The van der Waals surface area contributed by atoms with Gasteiger partial charge in [0, 0.05) is 55.0 Å². The van der Waals surface area contributed by atoms with Gasteiger partial charge in [0.05, 0.1) is 5.52 Å². The van der Waals surface area contributed by atoms with Gasteiger partial charge in [-0.3, -0.25) is 24.8 Å². The number of nitrogens with one attached hydrogen (secondary N) is 3. The van der Waals surface area contributed by atoms with Crippen molar-refractivity contribution in [2.24, 2.45) is 14.1 Å². The highest BCUT2D eigenvalue weighted by atomic mass is 16.6. The number of carbonyl (C=O) groups excluding carboxylic acids is 3. The molecular weight excluding hydrogens is 566 g/mol. The van der Waals surface area contributed by atoms with Crippen molar-refractivity contribution < 1.29 is 29.0 Å². The Bertz CT molecular complexity index is 1910. The maximum atomic E-state index is 13.5. The van der Waals surface area contributed by atoms with Gasteiger partial charge in [-0.1, -0.05) is 12.1 Å². The lowest BCUT2D eigenvalue weighted by Crippen LogP contribution is -2.27. The molecule has 13 heteroatoms. The molecular formula is C31H31N7O6. The molecule has 0 aliphatic carbocycles. The molecule has 13 nitrogen and oxygen atoms in total. The van der Waals surface area contributed by atoms with E-state index < -0.39 is 23.7 Å². The maximum absolute atomic E-state index is 13.5. The van der Waals surface area contributed by atoms with E-state index in [0.29, 0.717) is 22.6 Å². The Morgan fingerprint density at radius 3 is 2.20 bits per heavy atom. The van der Waals surface area contributed by atoms with Gasteiger partial charge in [0.25, 0.3) is 11.8 Å². The van der Waals surface area contributed by atoms with Crippen molar-refractivity contribution in [2.75, 3.05) is 16.0 Å². The highest BCUT2D eigenvalue weighted by Gasteiger charge is 2.20. The van der Waals surface area contributed by atoms with Crippen LogP contribution in [-0.2, 0) is 18.8 Å². The second-order valence-electron chi connectivity index (χ2n) is 11.1. The van der Waals surface area contributed by atoms with Crippen molar-refractivity contribution >= 4 is 52.1 Å². The van der Waals surface area contributed by atoms with Gasteiger partial charge in [-0.15, -0.1) is 0 Å².